The van der Waals surface area contributed by atoms with E-state index in [1.165, 1.54) is 24.5 Å². The van der Waals surface area contributed by atoms with Crippen molar-refractivity contribution in [2.75, 3.05) is 25.6 Å². The summed E-state index contributed by atoms with van der Waals surface area (Å²) in [4.78, 5) is 4.57. The highest BCUT2D eigenvalue weighted by molar-refractivity contribution is 7.54. The first-order chi connectivity index (χ1) is 13.5. The summed E-state index contributed by atoms with van der Waals surface area (Å²) in [6.07, 6.45) is 0. The molecule has 1 aromatic heterocycles. The number of fused-ring (bicyclic) bond motifs is 1. The summed E-state index contributed by atoms with van der Waals surface area (Å²) in [5.41, 5.74) is 1.44. The molecular weight excluding hydrogens is 399 g/mol. The molecule has 28 heavy (non-hydrogen) atoms. The molecule has 2 aromatic carbocycles. The van der Waals surface area contributed by atoms with E-state index in [1.807, 2.05) is 24.3 Å². The Kier molecular flexibility index (Phi) is 6.57. The zero-order chi connectivity index (χ0) is 20.1. The van der Waals surface area contributed by atoms with Crippen LogP contribution in [0.5, 0.6) is 11.5 Å². The maximum atomic E-state index is 13.6. The summed E-state index contributed by atoms with van der Waals surface area (Å²) >= 11 is 1.45. The van der Waals surface area contributed by atoms with Crippen LogP contribution in [-0.4, -0.2) is 30.4 Å². The van der Waals surface area contributed by atoms with Gasteiger partial charge in [-0.05, 0) is 43.7 Å². The topological polar surface area (TPSA) is 89.9 Å². The van der Waals surface area contributed by atoms with Crippen molar-refractivity contribution in [1.82, 2.24) is 4.98 Å². The smallest absolute Gasteiger partial charge is 0.357 e. The normalized spacial score (nSPS) is 12.8. The lowest BCUT2D eigenvalue weighted by molar-refractivity contribution is 0.214. The van der Waals surface area contributed by atoms with E-state index < -0.39 is 13.4 Å². The molecule has 0 fully saturated rings. The van der Waals surface area contributed by atoms with Gasteiger partial charge in [0.05, 0.1) is 30.5 Å². The van der Waals surface area contributed by atoms with Gasteiger partial charge in [-0.2, -0.15) is 0 Å². The Morgan fingerprint density at radius 3 is 2.54 bits per heavy atom. The van der Waals surface area contributed by atoms with Crippen LogP contribution in [0.1, 0.15) is 25.2 Å². The van der Waals surface area contributed by atoms with Gasteiger partial charge in [-0.1, -0.05) is 29.5 Å². The van der Waals surface area contributed by atoms with Gasteiger partial charge >= 0.3 is 7.60 Å². The van der Waals surface area contributed by atoms with E-state index in [2.05, 4.69) is 10.3 Å². The van der Waals surface area contributed by atoms with Gasteiger partial charge < -0.3 is 24.2 Å². The van der Waals surface area contributed by atoms with Gasteiger partial charge in [0.2, 0.25) is 0 Å². The number of benzene rings is 2. The number of phenols is 1. The average molecular weight is 422 g/mol. The van der Waals surface area contributed by atoms with E-state index in [4.69, 9.17) is 13.8 Å². The fourth-order valence-corrected chi connectivity index (χ4v) is 5.69. The lowest BCUT2D eigenvalue weighted by Gasteiger charge is -2.27. The third-order valence-electron chi connectivity index (χ3n) is 4.01. The van der Waals surface area contributed by atoms with Crippen LogP contribution in [0.4, 0.5) is 5.13 Å². The van der Waals surface area contributed by atoms with Gasteiger partial charge in [-0.25, -0.2) is 4.98 Å². The third kappa shape index (κ3) is 4.31. The highest BCUT2D eigenvalue weighted by Crippen LogP contribution is 2.61. The number of rotatable bonds is 9. The number of hydrogen-bond donors (Lipinski definition) is 2. The molecule has 1 unspecified atom stereocenters. The van der Waals surface area contributed by atoms with Crippen molar-refractivity contribution in [1.29, 1.82) is 0 Å². The zero-order valence-electron chi connectivity index (χ0n) is 15.9. The molecule has 0 aliphatic heterocycles. The number of para-hydroxylation sites is 1. The third-order valence-corrected chi connectivity index (χ3v) is 7.27. The number of ether oxygens (including phenoxy) is 1. The van der Waals surface area contributed by atoms with Crippen molar-refractivity contribution in [3.63, 3.8) is 0 Å². The van der Waals surface area contributed by atoms with Crippen molar-refractivity contribution in [2.45, 2.75) is 19.6 Å². The predicted molar refractivity (Wildman–Crippen MR) is 112 cm³/mol. The minimum Gasteiger partial charge on any atom is -0.504 e. The summed E-state index contributed by atoms with van der Waals surface area (Å²) in [5, 5.41) is 13.7. The lowest BCUT2D eigenvalue weighted by atomic mass is 10.2. The lowest BCUT2D eigenvalue weighted by Crippen LogP contribution is -2.15. The molecule has 0 aliphatic rings. The summed E-state index contributed by atoms with van der Waals surface area (Å²) in [7, 11) is -2.13. The zero-order valence-corrected chi connectivity index (χ0v) is 17.6. The summed E-state index contributed by atoms with van der Waals surface area (Å²) in [5.74, 6) is -0.553. The number of nitrogens with one attached hydrogen (secondary N) is 1. The van der Waals surface area contributed by atoms with E-state index in [9.17, 15) is 9.67 Å². The number of thiazole rings is 1. The highest BCUT2D eigenvalue weighted by Gasteiger charge is 2.38. The molecule has 3 rings (SSSR count). The molecule has 7 nitrogen and oxygen atoms in total. The van der Waals surface area contributed by atoms with Gasteiger partial charge in [0, 0.05) is 0 Å². The van der Waals surface area contributed by atoms with Crippen LogP contribution in [0, 0.1) is 0 Å². The minimum absolute atomic E-state index is 0.00682. The van der Waals surface area contributed by atoms with Crippen LogP contribution in [0.3, 0.4) is 0 Å². The molecule has 150 valence electrons. The Morgan fingerprint density at radius 2 is 1.89 bits per heavy atom. The van der Waals surface area contributed by atoms with Crippen LogP contribution in [0.15, 0.2) is 42.5 Å². The predicted octanol–water partition coefficient (Wildman–Crippen LogP) is 5.39. The maximum Gasteiger partial charge on any atom is 0.357 e. The summed E-state index contributed by atoms with van der Waals surface area (Å²) in [6, 6.07) is 12.5. The van der Waals surface area contributed by atoms with E-state index in [-0.39, 0.29) is 24.7 Å². The second kappa shape index (κ2) is 8.92. The monoisotopic (exact) mass is 422 g/mol. The van der Waals surface area contributed by atoms with Gasteiger partial charge in [-0.3, -0.25) is 4.57 Å². The number of anilines is 1. The van der Waals surface area contributed by atoms with Crippen LogP contribution in [-0.2, 0) is 13.6 Å². The van der Waals surface area contributed by atoms with Gasteiger partial charge in [0.1, 0.15) is 0 Å². The first-order valence-electron chi connectivity index (χ1n) is 8.88. The van der Waals surface area contributed by atoms with E-state index in [1.54, 1.807) is 26.0 Å². The highest BCUT2D eigenvalue weighted by atomic mass is 32.1. The molecule has 0 saturated carbocycles. The molecular formula is C19H23N2O5PS. The number of hydrogen-bond acceptors (Lipinski definition) is 8. The molecule has 0 spiro atoms. The van der Waals surface area contributed by atoms with Gasteiger partial charge in [0.25, 0.3) is 0 Å². The Labute approximate surface area is 167 Å². The van der Waals surface area contributed by atoms with Gasteiger partial charge in [0.15, 0.2) is 22.4 Å². The first kappa shape index (κ1) is 20.6. The minimum atomic E-state index is -3.59. The summed E-state index contributed by atoms with van der Waals surface area (Å²) in [6.45, 7) is 3.98. The van der Waals surface area contributed by atoms with E-state index >= 15 is 0 Å². The Bertz CT molecular complexity index is 950. The first-order valence-corrected chi connectivity index (χ1v) is 11.3. The Hall–Kier alpha value is -2.12. The molecule has 0 aliphatic carbocycles. The largest absolute Gasteiger partial charge is 0.504 e. The Balaban J connectivity index is 2.06. The van der Waals surface area contributed by atoms with Crippen LogP contribution >= 0.6 is 18.9 Å². The Morgan fingerprint density at radius 1 is 1.18 bits per heavy atom. The number of aromatic nitrogens is 1. The second-order valence-electron chi connectivity index (χ2n) is 5.84. The van der Waals surface area contributed by atoms with Crippen LogP contribution in [0.2, 0.25) is 0 Å². The molecule has 0 radical (unpaired) electrons. The summed E-state index contributed by atoms with van der Waals surface area (Å²) < 4.78 is 31.0. The second-order valence-corrected chi connectivity index (χ2v) is 8.98. The van der Waals surface area contributed by atoms with Crippen molar-refractivity contribution in [3.8, 4) is 11.5 Å². The molecule has 9 heteroatoms. The number of aromatic hydroxyl groups is 1. The molecule has 3 aromatic rings. The standard InChI is InChI=1S/C19H23N2O5PS/c1-4-25-27(23,26-5-2)18(13-10-11-15(22)16(12-13)24-3)21-19-20-14-8-6-7-9-17(14)28-19/h6-12,18,22H,4-5H2,1-3H3,(H,20,21). The van der Waals surface area contributed by atoms with Crippen LogP contribution < -0.4 is 10.1 Å². The van der Waals surface area contributed by atoms with Crippen molar-refractivity contribution < 1.29 is 23.5 Å². The number of nitrogens with zero attached hydrogens (tertiary/aromatic N) is 1. The van der Waals surface area contributed by atoms with Gasteiger partial charge in [-0.15, -0.1) is 0 Å². The average Bonchev–Trinajstić information content (AvgIpc) is 3.10. The number of methoxy groups -OCH3 is 1. The number of phenolic OH excluding ortho intramolecular Hbond substituents is 1. The fraction of sp³-hybridized carbons (Fsp3) is 0.316. The molecule has 0 saturated heterocycles. The fourth-order valence-electron chi connectivity index (χ4n) is 2.81. The van der Waals surface area contributed by atoms with E-state index in [0.717, 1.165) is 10.2 Å². The molecule has 1 heterocycles. The maximum absolute atomic E-state index is 13.6. The van der Waals surface area contributed by atoms with E-state index in [0.29, 0.717) is 10.7 Å². The quantitative estimate of drug-likeness (QED) is 0.447. The van der Waals surface area contributed by atoms with Crippen molar-refractivity contribution in [2.24, 2.45) is 0 Å². The molecule has 0 amide bonds. The molecule has 1 atom stereocenters. The SMILES string of the molecule is CCOP(=O)(OCC)C(Nc1nc2ccccc2s1)c1ccc(O)c(OC)c1. The van der Waals surface area contributed by atoms with Crippen LogP contribution in [0.25, 0.3) is 10.2 Å². The molecule has 2 N–H and O–H groups in total. The van der Waals surface area contributed by atoms with Crippen molar-refractivity contribution >= 4 is 34.3 Å². The van der Waals surface area contributed by atoms with Crippen molar-refractivity contribution in [3.05, 3.63) is 48.0 Å². The molecule has 0 bridgehead atoms.